The molecule has 0 radical (unpaired) electrons. The molecule has 1 aliphatic rings. The topological polar surface area (TPSA) is 58.8 Å². The Morgan fingerprint density at radius 1 is 1.18 bits per heavy atom. The molecule has 0 aromatic carbocycles. The number of aromatic nitrogens is 2. The summed E-state index contributed by atoms with van der Waals surface area (Å²) in [6.45, 7) is 4.52. The van der Waals surface area contributed by atoms with Crippen molar-refractivity contribution in [2.75, 3.05) is 0 Å². The van der Waals surface area contributed by atoms with E-state index in [-0.39, 0.29) is 6.10 Å². The Morgan fingerprint density at radius 3 is 2.41 bits per heavy atom. The highest BCUT2D eigenvalue weighted by Crippen LogP contribution is 2.30. The van der Waals surface area contributed by atoms with Crippen LogP contribution in [0.25, 0.3) is 0 Å². The van der Waals surface area contributed by atoms with Crippen molar-refractivity contribution in [1.29, 1.82) is 5.26 Å². The molecule has 1 aromatic rings. The van der Waals surface area contributed by atoms with Gasteiger partial charge in [-0.25, -0.2) is 9.97 Å². The van der Waals surface area contributed by atoms with Gasteiger partial charge in [-0.1, -0.05) is 13.8 Å². The maximum atomic E-state index is 8.63. The van der Waals surface area contributed by atoms with Crippen LogP contribution in [0.4, 0.5) is 0 Å². The first-order valence-electron chi connectivity index (χ1n) is 6.06. The second kappa shape index (κ2) is 5.13. The Balaban J connectivity index is 1.98. The lowest BCUT2D eigenvalue weighted by atomic mass is 9.82. The molecule has 0 amide bonds. The molecule has 2 atom stereocenters. The van der Waals surface area contributed by atoms with Gasteiger partial charge in [0.05, 0.1) is 12.4 Å². The summed E-state index contributed by atoms with van der Waals surface area (Å²) in [7, 11) is 0. The van der Waals surface area contributed by atoms with Gasteiger partial charge in [0.25, 0.3) is 0 Å². The molecule has 0 N–H and O–H groups in total. The summed E-state index contributed by atoms with van der Waals surface area (Å²) < 4.78 is 5.81. The number of nitriles is 1. The Labute approximate surface area is 102 Å². The number of hydrogen-bond donors (Lipinski definition) is 0. The van der Waals surface area contributed by atoms with Gasteiger partial charge >= 0.3 is 0 Å². The summed E-state index contributed by atoms with van der Waals surface area (Å²) in [6, 6.07) is 1.94. The van der Waals surface area contributed by atoms with Gasteiger partial charge in [-0.3, -0.25) is 0 Å². The molecular weight excluding hydrogens is 214 g/mol. The van der Waals surface area contributed by atoms with Gasteiger partial charge < -0.3 is 4.74 Å². The Bertz CT molecular complexity index is 400. The van der Waals surface area contributed by atoms with Crippen LogP contribution in [-0.4, -0.2) is 16.1 Å². The van der Waals surface area contributed by atoms with Crippen LogP contribution < -0.4 is 4.74 Å². The number of nitrogens with zero attached hydrogens (tertiary/aromatic N) is 3. The average molecular weight is 231 g/mol. The molecule has 17 heavy (non-hydrogen) atoms. The fourth-order valence-corrected chi connectivity index (χ4v) is 2.57. The standard InChI is InChI=1S/C13H17N3O/c1-9-3-10(2)5-12(4-9)17-13-8-15-11(6-14)7-16-13/h7-10,12H,3-5H2,1-2H3. The predicted octanol–water partition coefficient (Wildman–Crippen LogP) is 2.55. The monoisotopic (exact) mass is 231 g/mol. The van der Waals surface area contributed by atoms with Crippen LogP contribution in [0.2, 0.25) is 0 Å². The summed E-state index contributed by atoms with van der Waals surface area (Å²) in [6.07, 6.45) is 6.64. The Kier molecular flexibility index (Phi) is 3.58. The van der Waals surface area contributed by atoms with Gasteiger partial charge in [-0.2, -0.15) is 5.26 Å². The summed E-state index contributed by atoms with van der Waals surface area (Å²) in [4.78, 5) is 8.04. The Morgan fingerprint density at radius 2 is 1.88 bits per heavy atom. The number of ether oxygens (including phenoxy) is 1. The third-order valence-electron chi connectivity index (χ3n) is 3.17. The quantitative estimate of drug-likeness (QED) is 0.784. The third-order valence-corrected chi connectivity index (χ3v) is 3.17. The van der Waals surface area contributed by atoms with Crippen LogP contribution in [0.5, 0.6) is 5.88 Å². The molecule has 0 bridgehead atoms. The molecule has 2 unspecified atom stereocenters. The van der Waals surface area contributed by atoms with Crippen molar-refractivity contribution < 1.29 is 4.74 Å². The van der Waals surface area contributed by atoms with Gasteiger partial charge in [0, 0.05) is 0 Å². The molecule has 0 spiro atoms. The van der Waals surface area contributed by atoms with Gasteiger partial charge in [0.15, 0.2) is 5.69 Å². The maximum absolute atomic E-state index is 8.63. The minimum Gasteiger partial charge on any atom is -0.473 e. The lowest BCUT2D eigenvalue weighted by Crippen LogP contribution is -2.28. The molecule has 4 nitrogen and oxygen atoms in total. The molecule has 0 aliphatic heterocycles. The lowest BCUT2D eigenvalue weighted by Gasteiger charge is -2.31. The molecule has 90 valence electrons. The van der Waals surface area contributed by atoms with Crippen molar-refractivity contribution in [3.8, 4) is 11.9 Å². The molecule has 1 aliphatic carbocycles. The Hall–Kier alpha value is -1.63. The minimum absolute atomic E-state index is 0.232. The van der Waals surface area contributed by atoms with Crippen LogP contribution in [0.3, 0.4) is 0 Å². The van der Waals surface area contributed by atoms with Gasteiger partial charge in [-0.05, 0) is 31.1 Å². The van der Waals surface area contributed by atoms with Crippen molar-refractivity contribution >= 4 is 0 Å². The van der Waals surface area contributed by atoms with Gasteiger partial charge in [0.1, 0.15) is 12.2 Å². The highest BCUT2D eigenvalue weighted by molar-refractivity contribution is 5.18. The van der Waals surface area contributed by atoms with E-state index < -0.39 is 0 Å². The molecule has 1 fully saturated rings. The molecule has 4 heteroatoms. The van der Waals surface area contributed by atoms with Crippen molar-refractivity contribution in [2.45, 2.75) is 39.2 Å². The van der Waals surface area contributed by atoms with Crippen molar-refractivity contribution in [1.82, 2.24) is 9.97 Å². The maximum Gasteiger partial charge on any atom is 0.232 e. The van der Waals surface area contributed by atoms with E-state index in [1.807, 2.05) is 6.07 Å². The lowest BCUT2D eigenvalue weighted by molar-refractivity contribution is 0.0963. The summed E-state index contributed by atoms with van der Waals surface area (Å²) in [5.41, 5.74) is 0.322. The zero-order chi connectivity index (χ0) is 12.3. The molecule has 2 rings (SSSR count). The number of rotatable bonds is 2. The fraction of sp³-hybridized carbons (Fsp3) is 0.615. The molecular formula is C13H17N3O. The summed E-state index contributed by atoms with van der Waals surface area (Å²) in [5, 5.41) is 8.63. The normalized spacial score (nSPS) is 28.4. The highest BCUT2D eigenvalue weighted by Gasteiger charge is 2.25. The van der Waals surface area contributed by atoms with E-state index in [0.717, 1.165) is 12.8 Å². The minimum atomic E-state index is 0.232. The van der Waals surface area contributed by atoms with E-state index in [9.17, 15) is 0 Å². The predicted molar refractivity (Wildman–Crippen MR) is 63.3 cm³/mol. The summed E-state index contributed by atoms with van der Waals surface area (Å²) in [5.74, 6) is 1.93. The van der Waals surface area contributed by atoms with E-state index >= 15 is 0 Å². The fourth-order valence-electron chi connectivity index (χ4n) is 2.57. The van der Waals surface area contributed by atoms with E-state index in [1.54, 1.807) is 0 Å². The largest absolute Gasteiger partial charge is 0.473 e. The van der Waals surface area contributed by atoms with Gasteiger partial charge in [0.2, 0.25) is 5.88 Å². The first-order valence-corrected chi connectivity index (χ1v) is 6.06. The van der Waals surface area contributed by atoms with Crippen LogP contribution >= 0.6 is 0 Å². The SMILES string of the molecule is CC1CC(C)CC(Oc2cnc(C#N)cn2)C1. The second-order valence-electron chi connectivity index (χ2n) is 5.01. The molecule has 1 aromatic heterocycles. The van der Waals surface area contributed by atoms with E-state index in [4.69, 9.17) is 10.00 Å². The van der Waals surface area contributed by atoms with Crippen molar-refractivity contribution in [2.24, 2.45) is 11.8 Å². The van der Waals surface area contributed by atoms with Crippen molar-refractivity contribution in [3.63, 3.8) is 0 Å². The van der Waals surface area contributed by atoms with Crippen molar-refractivity contribution in [3.05, 3.63) is 18.1 Å². The number of hydrogen-bond acceptors (Lipinski definition) is 4. The zero-order valence-electron chi connectivity index (χ0n) is 10.3. The van der Waals surface area contributed by atoms with Crippen LogP contribution in [0, 0.1) is 23.2 Å². The first kappa shape index (κ1) is 11.8. The van der Waals surface area contributed by atoms with Gasteiger partial charge in [-0.15, -0.1) is 0 Å². The zero-order valence-corrected chi connectivity index (χ0v) is 10.3. The average Bonchev–Trinajstić information content (AvgIpc) is 2.28. The molecule has 0 saturated heterocycles. The summed E-state index contributed by atoms with van der Waals surface area (Å²) >= 11 is 0. The first-order chi connectivity index (χ1) is 8.17. The van der Waals surface area contributed by atoms with Crippen LogP contribution in [-0.2, 0) is 0 Å². The molecule has 1 saturated carbocycles. The third kappa shape index (κ3) is 3.16. The van der Waals surface area contributed by atoms with E-state index in [2.05, 4.69) is 23.8 Å². The molecule has 1 heterocycles. The van der Waals surface area contributed by atoms with E-state index in [1.165, 1.54) is 18.8 Å². The van der Waals surface area contributed by atoms with Crippen LogP contribution in [0.1, 0.15) is 38.8 Å². The highest BCUT2D eigenvalue weighted by atomic mass is 16.5. The van der Waals surface area contributed by atoms with E-state index in [0.29, 0.717) is 23.4 Å². The smallest absolute Gasteiger partial charge is 0.232 e. The second-order valence-corrected chi connectivity index (χ2v) is 5.01. The van der Waals surface area contributed by atoms with Crippen LogP contribution in [0.15, 0.2) is 12.4 Å².